The van der Waals surface area contributed by atoms with Gasteiger partial charge in [0.15, 0.2) is 0 Å². The average Bonchev–Trinajstić information content (AvgIpc) is 2.32. The molecule has 0 amide bonds. The van der Waals surface area contributed by atoms with Gasteiger partial charge in [-0.25, -0.2) is 4.79 Å². The summed E-state index contributed by atoms with van der Waals surface area (Å²) in [6, 6.07) is 7.51. The Bertz CT molecular complexity index is 275. The summed E-state index contributed by atoms with van der Waals surface area (Å²) in [6.45, 7) is 8.31. The molecule has 0 saturated carbocycles. The minimum Gasteiger partial charge on any atom is -0.462 e. The molecule has 0 heterocycles. The molecule has 0 atom stereocenters. The van der Waals surface area contributed by atoms with Crippen molar-refractivity contribution in [2.75, 3.05) is 6.61 Å². The molecular formula is C13H20O2. The highest BCUT2D eigenvalue weighted by Crippen LogP contribution is 2.06. The van der Waals surface area contributed by atoms with Crippen LogP contribution in [-0.2, 0) is 11.2 Å². The molecule has 0 unspecified atom stereocenters. The first kappa shape index (κ1) is 13.7. The van der Waals surface area contributed by atoms with Crippen LogP contribution in [-0.4, -0.2) is 12.6 Å². The number of carbonyl (C=O) groups is 1. The van der Waals surface area contributed by atoms with Gasteiger partial charge in [-0.2, -0.15) is 0 Å². The van der Waals surface area contributed by atoms with Gasteiger partial charge in [0.1, 0.15) is 0 Å². The van der Waals surface area contributed by atoms with Crippen LogP contribution in [0.4, 0.5) is 0 Å². The van der Waals surface area contributed by atoms with Crippen molar-refractivity contribution >= 4 is 5.97 Å². The average molecular weight is 208 g/mol. The molecule has 0 fully saturated rings. The van der Waals surface area contributed by atoms with E-state index in [4.69, 9.17) is 4.74 Å². The van der Waals surface area contributed by atoms with Crippen LogP contribution in [0.15, 0.2) is 24.3 Å². The molecule has 0 aliphatic carbocycles. The van der Waals surface area contributed by atoms with E-state index in [1.165, 1.54) is 5.56 Å². The quantitative estimate of drug-likeness (QED) is 0.711. The van der Waals surface area contributed by atoms with Crippen LogP contribution in [0.3, 0.4) is 0 Å². The molecule has 15 heavy (non-hydrogen) atoms. The zero-order valence-electron chi connectivity index (χ0n) is 10.0. The van der Waals surface area contributed by atoms with E-state index in [0.717, 1.165) is 6.42 Å². The summed E-state index contributed by atoms with van der Waals surface area (Å²) >= 11 is 0. The van der Waals surface area contributed by atoms with Crippen molar-refractivity contribution in [1.82, 2.24) is 0 Å². The maximum Gasteiger partial charge on any atom is 0.338 e. The van der Waals surface area contributed by atoms with Crippen molar-refractivity contribution in [2.24, 2.45) is 0 Å². The molecule has 0 aliphatic heterocycles. The van der Waals surface area contributed by atoms with Crippen molar-refractivity contribution in [3.63, 3.8) is 0 Å². The van der Waals surface area contributed by atoms with E-state index in [-0.39, 0.29) is 5.97 Å². The number of aryl methyl sites for hydroxylation is 1. The molecule has 1 aromatic carbocycles. The molecule has 1 rings (SSSR count). The zero-order chi connectivity index (χ0) is 11.7. The maximum atomic E-state index is 11.2. The van der Waals surface area contributed by atoms with Crippen molar-refractivity contribution in [2.45, 2.75) is 34.1 Å². The van der Waals surface area contributed by atoms with Crippen LogP contribution >= 0.6 is 0 Å². The van der Waals surface area contributed by atoms with Crippen LogP contribution < -0.4 is 0 Å². The summed E-state index contributed by atoms with van der Waals surface area (Å²) in [6.07, 6.45) is 0.989. The second kappa shape index (κ2) is 8.04. The van der Waals surface area contributed by atoms with Gasteiger partial charge in [0.25, 0.3) is 0 Å². The summed E-state index contributed by atoms with van der Waals surface area (Å²) in [7, 11) is 0. The first-order chi connectivity index (χ1) is 7.27. The third-order valence-corrected chi connectivity index (χ3v) is 1.87. The molecule has 0 aromatic heterocycles. The van der Waals surface area contributed by atoms with Crippen molar-refractivity contribution in [3.8, 4) is 0 Å². The van der Waals surface area contributed by atoms with Gasteiger partial charge in [0.2, 0.25) is 0 Å². The van der Waals surface area contributed by atoms with E-state index < -0.39 is 0 Å². The second-order valence-corrected chi connectivity index (χ2v) is 2.77. The lowest BCUT2D eigenvalue weighted by Gasteiger charge is -2.01. The van der Waals surface area contributed by atoms with Gasteiger partial charge >= 0.3 is 5.97 Å². The van der Waals surface area contributed by atoms with Crippen LogP contribution in [0, 0.1) is 0 Å². The molecule has 0 N–H and O–H groups in total. The van der Waals surface area contributed by atoms with Crippen molar-refractivity contribution in [1.29, 1.82) is 0 Å². The monoisotopic (exact) mass is 208 g/mol. The van der Waals surface area contributed by atoms with Crippen LogP contribution in [0.5, 0.6) is 0 Å². The van der Waals surface area contributed by atoms with Gasteiger partial charge in [-0.15, -0.1) is 0 Å². The Morgan fingerprint density at radius 3 is 2.07 bits per heavy atom. The van der Waals surface area contributed by atoms with E-state index in [1.54, 1.807) is 19.1 Å². The highest BCUT2D eigenvalue weighted by atomic mass is 16.5. The molecule has 0 radical (unpaired) electrons. The lowest BCUT2D eigenvalue weighted by atomic mass is 10.1. The van der Waals surface area contributed by atoms with Gasteiger partial charge < -0.3 is 4.74 Å². The topological polar surface area (TPSA) is 26.3 Å². The Morgan fingerprint density at radius 2 is 1.67 bits per heavy atom. The second-order valence-electron chi connectivity index (χ2n) is 2.77. The van der Waals surface area contributed by atoms with Gasteiger partial charge in [0.05, 0.1) is 12.2 Å². The number of hydrogen-bond acceptors (Lipinski definition) is 2. The fourth-order valence-corrected chi connectivity index (χ4v) is 1.09. The van der Waals surface area contributed by atoms with Crippen LogP contribution in [0.1, 0.15) is 43.6 Å². The highest BCUT2D eigenvalue weighted by molar-refractivity contribution is 5.89. The van der Waals surface area contributed by atoms with Gasteiger partial charge in [0, 0.05) is 0 Å². The molecule has 0 aliphatic rings. The summed E-state index contributed by atoms with van der Waals surface area (Å²) in [5.74, 6) is -0.245. The van der Waals surface area contributed by atoms with Gasteiger partial charge in [-0.1, -0.05) is 32.9 Å². The fraction of sp³-hybridized carbons (Fsp3) is 0.462. The summed E-state index contributed by atoms with van der Waals surface area (Å²) in [5, 5.41) is 0. The molecule has 84 valence electrons. The Balaban J connectivity index is 0.000000921. The number of esters is 1. The summed E-state index contributed by atoms with van der Waals surface area (Å²) in [4.78, 5) is 11.2. The Labute approximate surface area is 92.3 Å². The lowest BCUT2D eigenvalue weighted by molar-refractivity contribution is 0.0526. The highest BCUT2D eigenvalue weighted by Gasteiger charge is 2.04. The minimum atomic E-state index is -0.245. The van der Waals surface area contributed by atoms with Crippen LogP contribution in [0.25, 0.3) is 0 Å². The minimum absolute atomic E-state index is 0.245. The molecule has 2 heteroatoms. The van der Waals surface area contributed by atoms with E-state index >= 15 is 0 Å². The third-order valence-electron chi connectivity index (χ3n) is 1.87. The fourth-order valence-electron chi connectivity index (χ4n) is 1.09. The maximum absolute atomic E-state index is 11.2. The third kappa shape index (κ3) is 4.63. The van der Waals surface area contributed by atoms with Gasteiger partial charge in [-0.05, 0) is 31.0 Å². The van der Waals surface area contributed by atoms with Gasteiger partial charge in [-0.3, -0.25) is 0 Å². The smallest absolute Gasteiger partial charge is 0.338 e. The molecule has 0 spiro atoms. The molecule has 2 nitrogen and oxygen atoms in total. The Hall–Kier alpha value is -1.31. The predicted octanol–water partition coefficient (Wildman–Crippen LogP) is 3.45. The van der Waals surface area contributed by atoms with Crippen LogP contribution in [0.2, 0.25) is 0 Å². The number of rotatable bonds is 3. The largest absolute Gasteiger partial charge is 0.462 e. The SMILES string of the molecule is CC.CCOC(=O)c1ccc(CC)cc1. The number of benzene rings is 1. The first-order valence-corrected chi connectivity index (χ1v) is 5.54. The van der Waals surface area contributed by atoms with E-state index in [0.29, 0.717) is 12.2 Å². The number of ether oxygens (including phenoxy) is 1. The molecule has 0 saturated heterocycles. The first-order valence-electron chi connectivity index (χ1n) is 5.54. The summed E-state index contributed by atoms with van der Waals surface area (Å²) in [5.41, 5.74) is 1.85. The Morgan fingerprint density at radius 1 is 1.13 bits per heavy atom. The lowest BCUT2D eigenvalue weighted by Crippen LogP contribution is -2.04. The zero-order valence-corrected chi connectivity index (χ0v) is 10.0. The Kier molecular flexibility index (Phi) is 7.33. The number of carbonyl (C=O) groups excluding carboxylic acids is 1. The van der Waals surface area contributed by atoms with E-state index in [2.05, 4.69) is 6.92 Å². The van der Waals surface area contributed by atoms with Crippen molar-refractivity contribution < 1.29 is 9.53 Å². The number of hydrogen-bond donors (Lipinski definition) is 0. The normalized spacial score (nSPS) is 8.80. The molecule has 1 aromatic rings. The summed E-state index contributed by atoms with van der Waals surface area (Å²) < 4.78 is 4.86. The van der Waals surface area contributed by atoms with E-state index in [1.807, 2.05) is 26.0 Å². The standard InChI is InChI=1S/C11H14O2.C2H6/c1-3-9-5-7-10(8-6-9)11(12)13-4-2;1-2/h5-8H,3-4H2,1-2H3;1-2H3. The molecule has 0 bridgehead atoms. The van der Waals surface area contributed by atoms with Crippen molar-refractivity contribution in [3.05, 3.63) is 35.4 Å². The van der Waals surface area contributed by atoms with E-state index in [9.17, 15) is 4.79 Å². The predicted molar refractivity (Wildman–Crippen MR) is 63.1 cm³/mol. The molecular weight excluding hydrogens is 188 g/mol.